The third-order valence-corrected chi connectivity index (χ3v) is 7.08. The van der Waals surface area contributed by atoms with E-state index in [4.69, 9.17) is 11.6 Å². The molecular weight excluding hydrogens is 416 g/mol. The van der Waals surface area contributed by atoms with Crippen molar-refractivity contribution in [2.24, 2.45) is 0 Å². The summed E-state index contributed by atoms with van der Waals surface area (Å²) in [6, 6.07) is 40.4. The molecule has 0 spiro atoms. The summed E-state index contributed by atoms with van der Waals surface area (Å²) in [5.41, 5.74) is 7.57. The molecule has 2 heteroatoms. The summed E-state index contributed by atoms with van der Waals surface area (Å²) in [5.74, 6) is 0. The second-order valence-electron chi connectivity index (χ2n) is 7.48. The minimum absolute atomic E-state index is 0.162. The molecule has 0 bridgehead atoms. The standard InChI is InChI=1S/C29H21ClS/c30-25-18-16-24(17-19-25)29-28(23-14-8-3-9-15-23)26(21-10-4-1-5-11-21)20-27(31-29)22-12-6-2-7-13-22/h1-20,29H. The molecule has 0 saturated heterocycles. The number of rotatable bonds is 4. The maximum absolute atomic E-state index is 6.22. The third-order valence-electron chi connectivity index (χ3n) is 5.47. The number of thioether (sulfide) groups is 1. The van der Waals surface area contributed by atoms with Crippen LogP contribution in [0.1, 0.15) is 27.5 Å². The molecule has 5 rings (SSSR count). The molecule has 0 saturated carbocycles. The van der Waals surface area contributed by atoms with Gasteiger partial charge in [-0.15, -0.1) is 11.8 Å². The Labute approximate surface area is 192 Å². The predicted molar refractivity (Wildman–Crippen MR) is 136 cm³/mol. The summed E-state index contributed by atoms with van der Waals surface area (Å²) in [7, 11) is 0. The summed E-state index contributed by atoms with van der Waals surface area (Å²) in [6.07, 6.45) is 2.35. The van der Waals surface area contributed by atoms with Crippen LogP contribution < -0.4 is 0 Å². The second-order valence-corrected chi connectivity index (χ2v) is 9.07. The molecule has 4 aromatic rings. The van der Waals surface area contributed by atoms with Crippen molar-refractivity contribution in [1.29, 1.82) is 0 Å². The largest absolute Gasteiger partial charge is 0.112 e. The first-order valence-electron chi connectivity index (χ1n) is 10.3. The Morgan fingerprint density at radius 3 is 1.65 bits per heavy atom. The first-order chi connectivity index (χ1) is 15.3. The van der Waals surface area contributed by atoms with Crippen molar-refractivity contribution in [2.75, 3.05) is 0 Å². The number of hydrogen-bond donors (Lipinski definition) is 0. The fourth-order valence-electron chi connectivity index (χ4n) is 3.98. The fourth-order valence-corrected chi connectivity index (χ4v) is 5.49. The quantitative estimate of drug-likeness (QED) is 0.308. The Kier molecular flexibility index (Phi) is 5.80. The van der Waals surface area contributed by atoms with E-state index in [0.29, 0.717) is 0 Å². The van der Waals surface area contributed by atoms with Crippen LogP contribution in [0.25, 0.3) is 16.1 Å². The van der Waals surface area contributed by atoms with Crippen LogP contribution >= 0.6 is 23.4 Å². The van der Waals surface area contributed by atoms with Crippen LogP contribution in [0.5, 0.6) is 0 Å². The van der Waals surface area contributed by atoms with Gasteiger partial charge in [-0.3, -0.25) is 0 Å². The van der Waals surface area contributed by atoms with E-state index in [1.54, 1.807) is 0 Å². The SMILES string of the molecule is Clc1ccc(C2SC(c3ccccc3)=CC(c3ccccc3)=C2c2ccccc2)cc1. The van der Waals surface area contributed by atoms with Crippen molar-refractivity contribution in [3.63, 3.8) is 0 Å². The monoisotopic (exact) mass is 436 g/mol. The molecule has 0 fully saturated rings. The molecule has 31 heavy (non-hydrogen) atoms. The molecule has 4 aromatic carbocycles. The van der Waals surface area contributed by atoms with Gasteiger partial charge in [0, 0.05) is 9.93 Å². The molecule has 1 aliphatic heterocycles. The van der Waals surface area contributed by atoms with Gasteiger partial charge in [0.1, 0.15) is 0 Å². The Hall–Kier alpha value is -3.00. The maximum Gasteiger partial charge on any atom is 0.0606 e. The molecule has 1 heterocycles. The summed E-state index contributed by atoms with van der Waals surface area (Å²) in [5, 5.41) is 0.923. The van der Waals surface area contributed by atoms with Crippen LogP contribution in [0.15, 0.2) is 121 Å². The van der Waals surface area contributed by atoms with Crippen molar-refractivity contribution in [3.05, 3.63) is 149 Å². The zero-order valence-corrected chi connectivity index (χ0v) is 18.5. The van der Waals surface area contributed by atoms with E-state index in [-0.39, 0.29) is 5.25 Å². The summed E-state index contributed by atoms with van der Waals surface area (Å²) in [4.78, 5) is 1.28. The van der Waals surface area contributed by atoms with E-state index in [9.17, 15) is 0 Å². The number of halogens is 1. The highest BCUT2D eigenvalue weighted by molar-refractivity contribution is 8.09. The molecule has 0 radical (unpaired) electrons. The lowest BCUT2D eigenvalue weighted by molar-refractivity contribution is 1.24. The highest BCUT2D eigenvalue weighted by Gasteiger charge is 2.28. The van der Waals surface area contributed by atoms with Gasteiger partial charge in [-0.25, -0.2) is 0 Å². The van der Waals surface area contributed by atoms with Gasteiger partial charge in [0.15, 0.2) is 0 Å². The first kappa shape index (κ1) is 19.9. The highest BCUT2D eigenvalue weighted by Crippen LogP contribution is 2.54. The molecule has 0 amide bonds. The first-order valence-corrected chi connectivity index (χ1v) is 11.6. The van der Waals surface area contributed by atoms with E-state index >= 15 is 0 Å². The van der Waals surface area contributed by atoms with Crippen LogP contribution in [-0.4, -0.2) is 0 Å². The molecule has 150 valence electrons. The van der Waals surface area contributed by atoms with Crippen molar-refractivity contribution in [1.82, 2.24) is 0 Å². The third kappa shape index (κ3) is 4.25. The Balaban J connectivity index is 1.78. The van der Waals surface area contributed by atoms with Crippen LogP contribution in [-0.2, 0) is 0 Å². The topological polar surface area (TPSA) is 0 Å². The second kappa shape index (κ2) is 9.01. The van der Waals surface area contributed by atoms with Gasteiger partial charge in [-0.05, 0) is 51.6 Å². The fraction of sp³-hybridized carbons (Fsp3) is 0.0345. The minimum atomic E-state index is 0.162. The van der Waals surface area contributed by atoms with E-state index < -0.39 is 0 Å². The minimum Gasteiger partial charge on any atom is -0.112 e. The zero-order valence-electron chi connectivity index (χ0n) is 16.9. The van der Waals surface area contributed by atoms with Crippen LogP contribution in [0.2, 0.25) is 5.02 Å². The van der Waals surface area contributed by atoms with Crippen molar-refractivity contribution < 1.29 is 0 Å². The highest BCUT2D eigenvalue weighted by atomic mass is 35.5. The molecule has 1 aliphatic rings. The average Bonchev–Trinajstić information content (AvgIpc) is 2.85. The van der Waals surface area contributed by atoms with Gasteiger partial charge >= 0.3 is 0 Å². The average molecular weight is 437 g/mol. The smallest absolute Gasteiger partial charge is 0.0606 e. The summed E-state index contributed by atoms with van der Waals surface area (Å²) in [6.45, 7) is 0. The van der Waals surface area contributed by atoms with Gasteiger partial charge in [0.2, 0.25) is 0 Å². The van der Waals surface area contributed by atoms with Gasteiger partial charge in [-0.1, -0.05) is 115 Å². The summed E-state index contributed by atoms with van der Waals surface area (Å²) >= 11 is 8.13. The van der Waals surface area contributed by atoms with Gasteiger partial charge in [0.25, 0.3) is 0 Å². The van der Waals surface area contributed by atoms with E-state index in [1.807, 2.05) is 23.9 Å². The number of benzene rings is 4. The van der Waals surface area contributed by atoms with Crippen molar-refractivity contribution in [2.45, 2.75) is 5.25 Å². The Bertz CT molecular complexity index is 1220. The maximum atomic E-state index is 6.22. The normalized spacial score (nSPS) is 16.2. The lowest BCUT2D eigenvalue weighted by atomic mass is 9.88. The Morgan fingerprint density at radius 1 is 0.548 bits per heavy atom. The van der Waals surface area contributed by atoms with Gasteiger partial charge < -0.3 is 0 Å². The van der Waals surface area contributed by atoms with Gasteiger partial charge in [-0.2, -0.15) is 0 Å². The number of allylic oxidation sites excluding steroid dienone is 2. The van der Waals surface area contributed by atoms with Crippen LogP contribution in [0.3, 0.4) is 0 Å². The lowest BCUT2D eigenvalue weighted by Crippen LogP contribution is -2.06. The van der Waals surface area contributed by atoms with Crippen LogP contribution in [0, 0.1) is 0 Å². The van der Waals surface area contributed by atoms with Crippen molar-refractivity contribution in [3.8, 4) is 0 Å². The van der Waals surface area contributed by atoms with E-state index in [2.05, 4.69) is 109 Å². The van der Waals surface area contributed by atoms with Crippen molar-refractivity contribution >= 4 is 39.4 Å². The molecular formula is C29H21ClS. The molecule has 0 aliphatic carbocycles. The lowest BCUT2D eigenvalue weighted by Gasteiger charge is -2.29. The molecule has 0 aromatic heterocycles. The molecule has 1 unspecified atom stereocenters. The zero-order chi connectivity index (χ0) is 21.0. The molecule has 1 atom stereocenters. The van der Waals surface area contributed by atoms with E-state index in [0.717, 1.165) is 5.02 Å². The summed E-state index contributed by atoms with van der Waals surface area (Å²) < 4.78 is 0. The Morgan fingerprint density at radius 2 is 1.06 bits per heavy atom. The van der Waals surface area contributed by atoms with E-state index in [1.165, 1.54) is 38.3 Å². The molecule has 0 N–H and O–H groups in total. The van der Waals surface area contributed by atoms with Crippen LogP contribution in [0.4, 0.5) is 0 Å². The molecule has 0 nitrogen and oxygen atoms in total. The number of hydrogen-bond acceptors (Lipinski definition) is 1. The van der Waals surface area contributed by atoms with Gasteiger partial charge in [0.05, 0.1) is 5.25 Å². The predicted octanol–water partition coefficient (Wildman–Crippen LogP) is 8.78.